The fraction of sp³-hybridized carbons (Fsp3) is 0.200. The van der Waals surface area contributed by atoms with E-state index in [9.17, 15) is 0 Å². The van der Waals surface area contributed by atoms with Gasteiger partial charge in [0, 0.05) is 31.0 Å². The first-order valence-electron chi connectivity index (χ1n) is 6.46. The number of pyridine rings is 1. The van der Waals surface area contributed by atoms with Crippen molar-refractivity contribution in [1.82, 2.24) is 14.6 Å². The third kappa shape index (κ3) is 1.97. The van der Waals surface area contributed by atoms with E-state index < -0.39 is 0 Å². The normalized spacial score (nSPS) is 10.9. The lowest BCUT2D eigenvalue weighted by atomic mass is 10.0. The van der Waals surface area contributed by atoms with Gasteiger partial charge in [0.25, 0.3) is 0 Å². The summed E-state index contributed by atoms with van der Waals surface area (Å²) in [5.41, 5.74) is 10.9. The molecule has 0 aliphatic heterocycles. The van der Waals surface area contributed by atoms with Gasteiger partial charge >= 0.3 is 0 Å². The number of nitrogen functional groups attached to an aromatic ring is 1. The summed E-state index contributed by atoms with van der Waals surface area (Å²) >= 11 is 0. The Labute approximate surface area is 117 Å². The van der Waals surface area contributed by atoms with Crippen molar-refractivity contribution >= 4 is 17.3 Å². The van der Waals surface area contributed by atoms with Gasteiger partial charge in [0.15, 0.2) is 5.65 Å². The second kappa shape index (κ2) is 4.52. The monoisotopic (exact) mass is 267 g/mol. The Hall–Kier alpha value is -2.56. The molecule has 2 heterocycles. The van der Waals surface area contributed by atoms with Crippen LogP contribution in [0.3, 0.4) is 0 Å². The topological polar surface area (TPSA) is 59.5 Å². The van der Waals surface area contributed by atoms with Gasteiger partial charge in [-0.25, -0.2) is 4.52 Å². The number of rotatable bonds is 2. The van der Waals surface area contributed by atoms with Gasteiger partial charge in [-0.2, -0.15) is 4.98 Å². The molecule has 102 valence electrons. The first kappa shape index (κ1) is 12.5. The molecular formula is C15H17N5. The number of hydrogen-bond donors (Lipinski definition) is 1. The molecule has 1 aromatic carbocycles. The van der Waals surface area contributed by atoms with Crippen LogP contribution < -0.4 is 10.6 Å². The molecule has 0 fully saturated rings. The Balaban J connectivity index is 2.19. The van der Waals surface area contributed by atoms with Crippen LogP contribution in [0.15, 0.2) is 36.4 Å². The molecule has 5 nitrogen and oxygen atoms in total. The quantitative estimate of drug-likeness (QED) is 0.774. The van der Waals surface area contributed by atoms with Crippen LogP contribution in [-0.4, -0.2) is 28.7 Å². The van der Waals surface area contributed by atoms with Gasteiger partial charge in [0.1, 0.15) is 0 Å². The molecule has 0 spiro atoms. The van der Waals surface area contributed by atoms with Crippen LogP contribution in [0, 0.1) is 6.92 Å². The van der Waals surface area contributed by atoms with Crippen LogP contribution in [-0.2, 0) is 0 Å². The molecule has 0 aliphatic rings. The molecule has 0 radical (unpaired) electrons. The van der Waals surface area contributed by atoms with Crippen LogP contribution in [0.4, 0.5) is 11.6 Å². The summed E-state index contributed by atoms with van der Waals surface area (Å²) in [5.74, 6) is 0.298. The number of hydrogen-bond acceptors (Lipinski definition) is 4. The van der Waals surface area contributed by atoms with Crippen molar-refractivity contribution in [1.29, 1.82) is 0 Å². The highest BCUT2D eigenvalue weighted by Crippen LogP contribution is 2.27. The molecular weight excluding hydrogens is 250 g/mol. The minimum atomic E-state index is 0.298. The Morgan fingerprint density at radius 3 is 2.70 bits per heavy atom. The van der Waals surface area contributed by atoms with Gasteiger partial charge in [0.2, 0.25) is 5.95 Å². The highest BCUT2D eigenvalue weighted by molar-refractivity contribution is 5.71. The largest absolute Gasteiger partial charge is 0.378 e. The van der Waals surface area contributed by atoms with Crippen molar-refractivity contribution < 1.29 is 0 Å². The predicted octanol–water partition coefficient (Wildman–Crippen LogP) is 2.35. The lowest BCUT2D eigenvalue weighted by molar-refractivity contribution is 0.922. The van der Waals surface area contributed by atoms with Gasteiger partial charge in [-0.05, 0) is 36.8 Å². The summed E-state index contributed by atoms with van der Waals surface area (Å²) < 4.78 is 1.78. The van der Waals surface area contributed by atoms with Crippen molar-refractivity contribution in [3.8, 4) is 11.1 Å². The molecule has 0 atom stereocenters. The minimum absolute atomic E-state index is 0.298. The summed E-state index contributed by atoms with van der Waals surface area (Å²) in [4.78, 5) is 6.26. The molecule has 0 aliphatic carbocycles. The molecule has 0 amide bonds. The van der Waals surface area contributed by atoms with Gasteiger partial charge < -0.3 is 10.6 Å². The number of aryl methyl sites for hydroxylation is 1. The molecule has 0 saturated carbocycles. The predicted molar refractivity (Wildman–Crippen MR) is 81.9 cm³/mol. The van der Waals surface area contributed by atoms with E-state index in [0.717, 1.165) is 22.5 Å². The van der Waals surface area contributed by atoms with Crippen LogP contribution in [0.1, 0.15) is 5.69 Å². The van der Waals surface area contributed by atoms with Crippen LogP contribution >= 0.6 is 0 Å². The first-order chi connectivity index (χ1) is 9.56. The lowest BCUT2D eigenvalue weighted by Crippen LogP contribution is -2.08. The summed E-state index contributed by atoms with van der Waals surface area (Å²) in [7, 11) is 4.07. The summed E-state index contributed by atoms with van der Waals surface area (Å²) in [6, 6.07) is 12.4. The molecule has 3 aromatic rings. The van der Waals surface area contributed by atoms with Crippen molar-refractivity contribution in [2.24, 2.45) is 0 Å². The lowest BCUT2D eigenvalue weighted by Gasteiger charge is -2.14. The zero-order valence-corrected chi connectivity index (χ0v) is 11.8. The second-order valence-corrected chi connectivity index (χ2v) is 5.02. The fourth-order valence-electron chi connectivity index (χ4n) is 2.34. The summed E-state index contributed by atoms with van der Waals surface area (Å²) in [6.07, 6.45) is 0. The number of benzene rings is 1. The second-order valence-electron chi connectivity index (χ2n) is 5.02. The van der Waals surface area contributed by atoms with E-state index in [1.54, 1.807) is 4.52 Å². The molecule has 3 rings (SSSR count). The Bertz CT molecular complexity index is 773. The number of anilines is 2. The molecule has 2 aromatic heterocycles. The van der Waals surface area contributed by atoms with Gasteiger partial charge in [0.05, 0.1) is 0 Å². The molecule has 5 heteroatoms. The van der Waals surface area contributed by atoms with Gasteiger partial charge in [-0.3, -0.25) is 0 Å². The van der Waals surface area contributed by atoms with Crippen LogP contribution in [0.5, 0.6) is 0 Å². The van der Waals surface area contributed by atoms with Crippen LogP contribution in [0.2, 0.25) is 0 Å². The minimum Gasteiger partial charge on any atom is -0.378 e. The number of nitrogens with zero attached hydrogens (tertiary/aromatic N) is 4. The first-order valence-corrected chi connectivity index (χ1v) is 6.46. The zero-order chi connectivity index (χ0) is 14.3. The number of aromatic nitrogens is 3. The maximum Gasteiger partial charge on any atom is 0.240 e. The van der Waals surface area contributed by atoms with Crippen molar-refractivity contribution in [3.05, 3.63) is 42.1 Å². The van der Waals surface area contributed by atoms with E-state index in [0.29, 0.717) is 5.95 Å². The van der Waals surface area contributed by atoms with E-state index in [1.807, 2.05) is 27.1 Å². The molecule has 0 bridgehead atoms. The molecule has 0 unspecified atom stereocenters. The summed E-state index contributed by atoms with van der Waals surface area (Å²) in [6.45, 7) is 2.03. The van der Waals surface area contributed by atoms with E-state index in [-0.39, 0.29) is 0 Å². The maximum atomic E-state index is 5.66. The molecule has 0 saturated heterocycles. The van der Waals surface area contributed by atoms with Crippen molar-refractivity contribution in [2.45, 2.75) is 6.92 Å². The van der Waals surface area contributed by atoms with Gasteiger partial charge in [-0.15, -0.1) is 5.10 Å². The Kier molecular flexibility index (Phi) is 2.82. The standard InChI is InChI=1S/C15H17N5/c1-10-13(7-8-14-17-15(16)18-20(10)14)11-5-4-6-12(9-11)19(2)3/h4-9H,1-3H3,(H2,16,18). The number of fused-ring (bicyclic) bond motifs is 1. The average molecular weight is 267 g/mol. The van der Waals surface area contributed by atoms with E-state index >= 15 is 0 Å². The SMILES string of the molecule is Cc1c(-c2cccc(N(C)C)c2)ccc2nc(N)nn12. The highest BCUT2D eigenvalue weighted by Gasteiger charge is 2.09. The third-order valence-electron chi connectivity index (χ3n) is 3.43. The zero-order valence-electron chi connectivity index (χ0n) is 11.8. The van der Waals surface area contributed by atoms with Crippen molar-refractivity contribution in [3.63, 3.8) is 0 Å². The van der Waals surface area contributed by atoms with Crippen molar-refractivity contribution in [2.75, 3.05) is 24.7 Å². The highest BCUT2D eigenvalue weighted by atomic mass is 15.3. The van der Waals surface area contributed by atoms with Crippen LogP contribution in [0.25, 0.3) is 16.8 Å². The third-order valence-corrected chi connectivity index (χ3v) is 3.43. The Morgan fingerprint density at radius 1 is 1.15 bits per heavy atom. The van der Waals surface area contributed by atoms with E-state index in [4.69, 9.17) is 5.73 Å². The summed E-state index contributed by atoms with van der Waals surface area (Å²) in [5, 5.41) is 4.23. The molecule has 20 heavy (non-hydrogen) atoms. The fourth-order valence-corrected chi connectivity index (χ4v) is 2.34. The van der Waals surface area contributed by atoms with E-state index in [1.165, 1.54) is 5.69 Å². The van der Waals surface area contributed by atoms with E-state index in [2.05, 4.69) is 45.3 Å². The smallest absolute Gasteiger partial charge is 0.240 e. The van der Waals surface area contributed by atoms with Gasteiger partial charge in [-0.1, -0.05) is 12.1 Å². The maximum absolute atomic E-state index is 5.66. The Morgan fingerprint density at radius 2 is 1.95 bits per heavy atom. The average Bonchev–Trinajstić information content (AvgIpc) is 2.81. The number of nitrogens with two attached hydrogens (primary N) is 1. The molecule has 2 N–H and O–H groups in total.